The van der Waals surface area contributed by atoms with Crippen LogP contribution in [0.4, 0.5) is 0 Å². The molecule has 4 rings (SSSR count). The van der Waals surface area contributed by atoms with Crippen LogP contribution in [0.5, 0.6) is 0 Å². The molecular formula is C22H31NO4. The van der Waals surface area contributed by atoms with Crippen LogP contribution in [0.1, 0.15) is 59.3 Å². The third kappa shape index (κ3) is 2.77. The minimum atomic E-state index is -1.02. The fourth-order valence-electron chi connectivity index (χ4n) is 6.67. The summed E-state index contributed by atoms with van der Waals surface area (Å²) in [4.78, 5) is 15.5. The topological polar surface area (TPSA) is 79.1 Å². The first kappa shape index (κ1) is 18.7. The molecule has 0 spiro atoms. The number of hydrogen-bond acceptors (Lipinski definition) is 4. The summed E-state index contributed by atoms with van der Waals surface area (Å²) in [6.45, 7) is 6.29. The largest absolute Gasteiger partial charge is 0.479 e. The Balaban J connectivity index is 1.57. The second kappa shape index (κ2) is 6.20. The van der Waals surface area contributed by atoms with Crippen LogP contribution in [-0.2, 0) is 9.63 Å². The second-order valence-electron chi connectivity index (χ2n) is 9.65. The third-order valence-corrected chi connectivity index (χ3v) is 8.49. The lowest BCUT2D eigenvalue weighted by Gasteiger charge is -2.58. The van der Waals surface area contributed by atoms with Crippen LogP contribution in [0, 0.1) is 28.6 Å². The highest BCUT2D eigenvalue weighted by Crippen LogP contribution is 2.66. The van der Waals surface area contributed by atoms with Gasteiger partial charge in [0.1, 0.15) is 5.71 Å². The molecule has 0 amide bonds. The lowest BCUT2D eigenvalue weighted by Crippen LogP contribution is -2.53. The molecule has 5 nitrogen and oxygen atoms in total. The van der Waals surface area contributed by atoms with E-state index in [1.54, 1.807) is 0 Å². The fraction of sp³-hybridized carbons (Fsp3) is 0.727. The first-order valence-corrected chi connectivity index (χ1v) is 10.2. The van der Waals surface area contributed by atoms with E-state index in [1.807, 2.05) is 13.0 Å². The minimum Gasteiger partial charge on any atom is -0.479 e. The van der Waals surface area contributed by atoms with Crippen molar-refractivity contribution < 1.29 is 19.8 Å². The Morgan fingerprint density at radius 3 is 2.70 bits per heavy atom. The van der Waals surface area contributed by atoms with E-state index in [0.29, 0.717) is 23.5 Å². The van der Waals surface area contributed by atoms with E-state index >= 15 is 0 Å². The predicted molar refractivity (Wildman–Crippen MR) is 103 cm³/mol. The van der Waals surface area contributed by atoms with Gasteiger partial charge in [-0.2, -0.15) is 0 Å². The number of carboxylic acids is 1. The Kier molecular flexibility index (Phi) is 4.30. The van der Waals surface area contributed by atoms with Crippen LogP contribution in [0.25, 0.3) is 0 Å². The molecule has 2 N–H and O–H groups in total. The maximum Gasteiger partial charge on any atom is 0.344 e. The molecular weight excluding hydrogens is 342 g/mol. The molecule has 4 aliphatic carbocycles. The Morgan fingerprint density at radius 1 is 1.22 bits per heavy atom. The van der Waals surface area contributed by atoms with E-state index in [2.05, 4.69) is 31.2 Å². The summed E-state index contributed by atoms with van der Waals surface area (Å²) >= 11 is 0. The van der Waals surface area contributed by atoms with E-state index in [9.17, 15) is 9.90 Å². The molecule has 0 aromatic rings. The SMILES string of the molecule is C[C@]12C=C/C(=N/OCC(=O)O)C=C1CC[C@H]1[C@H]2CC[C@@]2(C)[C@H]1CC[C@]2(C)O. The quantitative estimate of drug-likeness (QED) is 0.735. The molecule has 0 aromatic heterocycles. The van der Waals surface area contributed by atoms with Gasteiger partial charge in [-0.05, 0) is 80.8 Å². The number of fused-ring (bicyclic) bond motifs is 5. The molecule has 3 saturated carbocycles. The average Bonchev–Trinajstić information content (AvgIpc) is 2.84. The fourth-order valence-corrected chi connectivity index (χ4v) is 6.67. The van der Waals surface area contributed by atoms with Crippen molar-refractivity contribution in [1.29, 1.82) is 0 Å². The summed E-state index contributed by atoms with van der Waals surface area (Å²) in [6, 6.07) is 0. The van der Waals surface area contributed by atoms with Crippen molar-refractivity contribution in [1.82, 2.24) is 0 Å². The number of nitrogens with zero attached hydrogens (tertiary/aromatic N) is 1. The standard InChI is InChI=1S/C22H31NO4/c1-20-9-6-15(23-27-13-19(24)25)12-14(20)4-5-16-17(20)7-10-21(2)18(16)8-11-22(21,3)26/h6,9,12,16-18,26H,4-5,7-8,10-11,13H2,1-3H3,(H,24,25)/b23-15-/t16-,17+,18-,20-,21-,22-/m0/s1. The zero-order chi connectivity index (χ0) is 19.4. The van der Waals surface area contributed by atoms with Gasteiger partial charge in [-0.25, -0.2) is 4.79 Å². The predicted octanol–water partition coefficient (Wildman–Crippen LogP) is 3.93. The van der Waals surface area contributed by atoms with Gasteiger partial charge >= 0.3 is 5.97 Å². The number of aliphatic carboxylic acids is 1. The van der Waals surface area contributed by atoms with Crippen molar-refractivity contribution in [2.24, 2.45) is 33.7 Å². The Labute approximate surface area is 161 Å². The molecule has 0 unspecified atom stereocenters. The second-order valence-corrected chi connectivity index (χ2v) is 9.65. The lowest BCUT2D eigenvalue weighted by atomic mass is 9.47. The minimum absolute atomic E-state index is 0.0323. The van der Waals surface area contributed by atoms with Crippen LogP contribution >= 0.6 is 0 Å². The molecule has 27 heavy (non-hydrogen) atoms. The van der Waals surface area contributed by atoms with Crippen LogP contribution in [-0.4, -0.2) is 34.1 Å². The number of allylic oxidation sites excluding steroid dienone is 4. The number of aliphatic hydroxyl groups is 1. The van der Waals surface area contributed by atoms with Crippen molar-refractivity contribution in [3.05, 3.63) is 23.8 Å². The molecule has 0 aromatic carbocycles. The number of hydrogen-bond donors (Lipinski definition) is 2. The van der Waals surface area contributed by atoms with Gasteiger partial charge in [-0.3, -0.25) is 0 Å². The van der Waals surface area contributed by atoms with Gasteiger partial charge in [0.2, 0.25) is 6.61 Å². The lowest BCUT2D eigenvalue weighted by molar-refractivity contribution is -0.142. The van der Waals surface area contributed by atoms with Gasteiger partial charge in [0.25, 0.3) is 0 Å². The highest BCUT2D eigenvalue weighted by atomic mass is 16.6. The molecule has 148 valence electrons. The summed E-state index contributed by atoms with van der Waals surface area (Å²) in [5.74, 6) is 0.843. The Morgan fingerprint density at radius 2 is 1.96 bits per heavy atom. The summed E-state index contributed by atoms with van der Waals surface area (Å²) in [5.41, 5.74) is 1.62. The molecule has 3 fully saturated rings. The van der Waals surface area contributed by atoms with Gasteiger partial charge < -0.3 is 15.1 Å². The molecule has 0 saturated heterocycles. The Hall–Kier alpha value is -1.62. The van der Waals surface area contributed by atoms with Gasteiger partial charge in [0.05, 0.1) is 5.60 Å². The molecule has 4 aliphatic rings. The molecule has 6 atom stereocenters. The van der Waals surface area contributed by atoms with Crippen LogP contribution in [0.15, 0.2) is 29.0 Å². The number of carboxylic acid groups (broad SMARTS) is 1. The van der Waals surface area contributed by atoms with Crippen LogP contribution in [0.3, 0.4) is 0 Å². The smallest absolute Gasteiger partial charge is 0.344 e. The van der Waals surface area contributed by atoms with E-state index in [-0.39, 0.29) is 10.8 Å². The molecule has 0 radical (unpaired) electrons. The summed E-state index contributed by atoms with van der Waals surface area (Å²) < 4.78 is 0. The van der Waals surface area contributed by atoms with Gasteiger partial charge in [0, 0.05) is 5.41 Å². The molecule has 0 heterocycles. The maximum absolute atomic E-state index is 11.0. The molecule has 5 heteroatoms. The normalized spacial score (nSPS) is 47.0. The van der Waals surface area contributed by atoms with E-state index in [4.69, 9.17) is 9.94 Å². The first-order chi connectivity index (χ1) is 12.7. The van der Waals surface area contributed by atoms with Gasteiger partial charge in [-0.1, -0.05) is 30.7 Å². The zero-order valence-corrected chi connectivity index (χ0v) is 16.6. The molecule has 0 aliphatic heterocycles. The van der Waals surface area contributed by atoms with Crippen molar-refractivity contribution in [2.75, 3.05) is 6.61 Å². The number of oxime groups is 1. The van der Waals surface area contributed by atoms with E-state index < -0.39 is 18.2 Å². The van der Waals surface area contributed by atoms with E-state index in [1.165, 1.54) is 12.0 Å². The molecule has 0 bridgehead atoms. The van der Waals surface area contributed by atoms with Crippen molar-refractivity contribution in [3.63, 3.8) is 0 Å². The average molecular weight is 373 g/mol. The highest BCUT2D eigenvalue weighted by molar-refractivity contribution is 6.05. The summed E-state index contributed by atoms with van der Waals surface area (Å²) in [7, 11) is 0. The maximum atomic E-state index is 11.0. The summed E-state index contributed by atoms with van der Waals surface area (Å²) in [5, 5.41) is 23.7. The van der Waals surface area contributed by atoms with Gasteiger partial charge in [0.15, 0.2) is 0 Å². The Bertz CT molecular complexity index is 737. The van der Waals surface area contributed by atoms with Gasteiger partial charge in [-0.15, -0.1) is 0 Å². The van der Waals surface area contributed by atoms with Crippen LogP contribution in [0.2, 0.25) is 0 Å². The first-order valence-electron chi connectivity index (χ1n) is 10.2. The monoisotopic (exact) mass is 373 g/mol. The van der Waals surface area contributed by atoms with Crippen molar-refractivity contribution in [2.45, 2.75) is 64.9 Å². The number of rotatable bonds is 3. The van der Waals surface area contributed by atoms with Crippen molar-refractivity contribution in [3.8, 4) is 0 Å². The number of carbonyl (C=O) groups is 1. The summed E-state index contributed by atoms with van der Waals surface area (Å²) in [6.07, 6.45) is 12.8. The highest BCUT2D eigenvalue weighted by Gasteiger charge is 2.61. The van der Waals surface area contributed by atoms with Crippen LogP contribution < -0.4 is 0 Å². The third-order valence-electron chi connectivity index (χ3n) is 8.49. The zero-order valence-electron chi connectivity index (χ0n) is 16.6. The van der Waals surface area contributed by atoms with Crippen molar-refractivity contribution >= 4 is 11.7 Å². The van der Waals surface area contributed by atoms with E-state index in [0.717, 1.165) is 32.1 Å².